The van der Waals surface area contributed by atoms with Crippen LogP contribution in [0.4, 0.5) is 0 Å². The summed E-state index contributed by atoms with van der Waals surface area (Å²) >= 11 is 0. The molecule has 2 N–H and O–H groups in total. The summed E-state index contributed by atoms with van der Waals surface area (Å²) < 4.78 is 4.99. The van der Waals surface area contributed by atoms with Crippen LogP contribution >= 0.6 is 0 Å². The number of carbonyl (C=O) groups excluding carboxylic acids is 2. The Balaban J connectivity index is 2.50. The molecule has 0 aliphatic heterocycles. The van der Waals surface area contributed by atoms with E-state index < -0.39 is 5.91 Å². The van der Waals surface area contributed by atoms with Gasteiger partial charge in [0.15, 0.2) is 0 Å². The first-order chi connectivity index (χ1) is 8.13. The molecule has 0 saturated heterocycles. The van der Waals surface area contributed by atoms with Crippen LogP contribution in [0.5, 0.6) is 0 Å². The lowest BCUT2D eigenvalue weighted by Crippen LogP contribution is -2.10. The Kier molecular flexibility index (Phi) is 4.94. The SMILES string of the molecule is CCC=CC(=O)OCc1ccc(C(N)=O)cc1. The standard InChI is InChI=1S/C13H15NO3/c1-2-3-4-12(15)17-9-10-5-7-11(8-6-10)13(14)16/h3-8H,2,9H2,1H3,(H2,14,16). The van der Waals surface area contributed by atoms with Crippen molar-refractivity contribution in [2.45, 2.75) is 20.0 Å². The summed E-state index contributed by atoms with van der Waals surface area (Å²) in [6, 6.07) is 6.62. The first-order valence-electron chi connectivity index (χ1n) is 5.35. The smallest absolute Gasteiger partial charge is 0.330 e. The van der Waals surface area contributed by atoms with Crippen molar-refractivity contribution in [1.29, 1.82) is 0 Å². The van der Waals surface area contributed by atoms with Crippen molar-refractivity contribution in [1.82, 2.24) is 0 Å². The van der Waals surface area contributed by atoms with Gasteiger partial charge in [0.25, 0.3) is 0 Å². The molecule has 0 bridgehead atoms. The molecule has 17 heavy (non-hydrogen) atoms. The van der Waals surface area contributed by atoms with E-state index in [1.165, 1.54) is 6.08 Å². The molecule has 0 saturated carbocycles. The number of hydrogen-bond acceptors (Lipinski definition) is 3. The van der Waals surface area contributed by atoms with E-state index >= 15 is 0 Å². The second kappa shape index (κ2) is 6.48. The van der Waals surface area contributed by atoms with E-state index in [9.17, 15) is 9.59 Å². The average Bonchev–Trinajstić information content (AvgIpc) is 2.34. The summed E-state index contributed by atoms with van der Waals surface area (Å²) in [5.41, 5.74) is 6.36. The van der Waals surface area contributed by atoms with Crippen LogP contribution < -0.4 is 5.73 Å². The number of ether oxygens (including phenoxy) is 1. The maximum Gasteiger partial charge on any atom is 0.330 e. The van der Waals surface area contributed by atoms with Crippen molar-refractivity contribution in [2.75, 3.05) is 0 Å². The molecule has 0 heterocycles. The highest BCUT2D eigenvalue weighted by molar-refractivity contribution is 5.92. The summed E-state index contributed by atoms with van der Waals surface area (Å²) in [6.07, 6.45) is 3.93. The molecule has 0 spiro atoms. The van der Waals surface area contributed by atoms with E-state index in [0.29, 0.717) is 5.56 Å². The van der Waals surface area contributed by atoms with E-state index in [1.54, 1.807) is 30.3 Å². The largest absolute Gasteiger partial charge is 0.458 e. The predicted octanol–water partition coefficient (Wildman–Crippen LogP) is 1.79. The second-order valence-electron chi connectivity index (χ2n) is 3.48. The van der Waals surface area contributed by atoms with Crippen LogP contribution in [0.15, 0.2) is 36.4 Å². The quantitative estimate of drug-likeness (QED) is 0.622. The predicted molar refractivity (Wildman–Crippen MR) is 64.2 cm³/mol. The van der Waals surface area contributed by atoms with Crippen molar-refractivity contribution in [2.24, 2.45) is 5.73 Å². The first-order valence-corrected chi connectivity index (χ1v) is 5.35. The molecule has 0 fully saturated rings. The van der Waals surface area contributed by atoms with Crippen LogP contribution in [0.3, 0.4) is 0 Å². The number of rotatable bonds is 5. The van der Waals surface area contributed by atoms with Crippen molar-refractivity contribution in [3.05, 3.63) is 47.5 Å². The lowest BCUT2D eigenvalue weighted by Gasteiger charge is -2.02. The zero-order chi connectivity index (χ0) is 12.7. The number of primary amides is 1. The van der Waals surface area contributed by atoms with Crippen molar-refractivity contribution >= 4 is 11.9 Å². The van der Waals surface area contributed by atoms with Crippen LogP contribution in [0.1, 0.15) is 29.3 Å². The number of hydrogen-bond donors (Lipinski definition) is 1. The molecule has 4 nitrogen and oxygen atoms in total. The summed E-state index contributed by atoms with van der Waals surface area (Å²) in [6.45, 7) is 2.12. The summed E-state index contributed by atoms with van der Waals surface area (Å²) in [4.78, 5) is 22.0. The van der Waals surface area contributed by atoms with Gasteiger partial charge in [-0.15, -0.1) is 0 Å². The monoisotopic (exact) mass is 233 g/mol. The van der Waals surface area contributed by atoms with Gasteiger partial charge in [0.1, 0.15) is 6.61 Å². The van der Waals surface area contributed by atoms with Crippen molar-refractivity contribution < 1.29 is 14.3 Å². The molecule has 0 unspecified atom stereocenters. The van der Waals surface area contributed by atoms with Gasteiger partial charge in [-0.1, -0.05) is 25.1 Å². The van der Waals surface area contributed by atoms with Crippen molar-refractivity contribution in [3.8, 4) is 0 Å². The highest BCUT2D eigenvalue weighted by Gasteiger charge is 2.01. The molecule has 0 aromatic heterocycles. The topological polar surface area (TPSA) is 69.4 Å². The Bertz CT molecular complexity index is 421. The Morgan fingerprint density at radius 1 is 1.29 bits per heavy atom. The maximum atomic E-state index is 11.2. The Morgan fingerprint density at radius 2 is 1.94 bits per heavy atom. The third-order valence-corrected chi connectivity index (χ3v) is 2.11. The third-order valence-electron chi connectivity index (χ3n) is 2.11. The lowest BCUT2D eigenvalue weighted by atomic mass is 10.1. The maximum absolute atomic E-state index is 11.2. The Labute approximate surface area is 100 Å². The normalized spacial score (nSPS) is 10.4. The average molecular weight is 233 g/mol. The van der Waals surface area contributed by atoms with E-state index in [1.807, 2.05) is 6.92 Å². The van der Waals surface area contributed by atoms with Crippen LogP contribution in [-0.2, 0) is 16.1 Å². The van der Waals surface area contributed by atoms with E-state index in [0.717, 1.165) is 12.0 Å². The van der Waals surface area contributed by atoms with E-state index in [-0.39, 0.29) is 12.6 Å². The second-order valence-corrected chi connectivity index (χ2v) is 3.48. The number of carbonyl (C=O) groups is 2. The van der Waals surface area contributed by atoms with Crippen LogP contribution in [-0.4, -0.2) is 11.9 Å². The molecule has 1 rings (SSSR count). The summed E-state index contributed by atoms with van der Waals surface area (Å²) in [7, 11) is 0. The zero-order valence-corrected chi connectivity index (χ0v) is 9.68. The van der Waals surface area contributed by atoms with Gasteiger partial charge in [0, 0.05) is 11.6 Å². The number of benzene rings is 1. The number of nitrogens with two attached hydrogens (primary N) is 1. The first kappa shape index (κ1) is 13.0. The molecule has 0 aliphatic rings. The Hall–Kier alpha value is -2.10. The molecule has 4 heteroatoms. The van der Waals surface area contributed by atoms with Crippen LogP contribution in [0, 0.1) is 0 Å². The fraction of sp³-hybridized carbons (Fsp3) is 0.231. The minimum Gasteiger partial charge on any atom is -0.458 e. The van der Waals surface area contributed by atoms with Gasteiger partial charge in [-0.05, 0) is 24.1 Å². The third kappa shape index (κ3) is 4.51. The number of allylic oxidation sites excluding steroid dienone is 1. The lowest BCUT2D eigenvalue weighted by molar-refractivity contribution is -0.139. The summed E-state index contributed by atoms with van der Waals surface area (Å²) in [5, 5.41) is 0. The van der Waals surface area contributed by atoms with Crippen LogP contribution in [0.2, 0.25) is 0 Å². The van der Waals surface area contributed by atoms with E-state index in [4.69, 9.17) is 10.5 Å². The molecule has 1 aromatic carbocycles. The van der Waals surface area contributed by atoms with Gasteiger partial charge < -0.3 is 10.5 Å². The Morgan fingerprint density at radius 3 is 2.47 bits per heavy atom. The summed E-state index contributed by atoms with van der Waals surface area (Å²) in [5.74, 6) is -0.842. The number of esters is 1. The highest BCUT2D eigenvalue weighted by Crippen LogP contribution is 2.05. The zero-order valence-electron chi connectivity index (χ0n) is 9.68. The van der Waals surface area contributed by atoms with E-state index in [2.05, 4.69) is 0 Å². The molecule has 0 atom stereocenters. The molecule has 90 valence electrons. The van der Waals surface area contributed by atoms with Gasteiger partial charge in [-0.3, -0.25) is 4.79 Å². The minimum absolute atomic E-state index is 0.186. The van der Waals surface area contributed by atoms with Gasteiger partial charge in [-0.25, -0.2) is 4.79 Å². The highest BCUT2D eigenvalue weighted by atomic mass is 16.5. The van der Waals surface area contributed by atoms with Gasteiger partial charge in [0.05, 0.1) is 0 Å². The van der Waals surface area contributed by atoms with Gasteiger partial charge in [0.2, 0.25) is 5.91 Å². The molecular weight excluding hydrogens is 218 g/mol. The minimum atomic E-state index is -0.473. The van der Waals surface area contributed by atoms with Crippen LogP contribution in [0.25, 0.3) is 0 Å². The molecule has 1 amide bonds. The molecule has 0 radical (unpaired) electrons. The molecule has 0 aliphatic carbocycles. The molecular formula is C13H15NO3. The fourth-order valence-corrected chi connectivity index (χ4v) is 1.18. The fourth-order valence-electron chi connectivity index (χ4n) is 1.18. The molecule has 1 aromatic rings. The van der Waals surface area contributed by atoms with Gasteiger partial charge in [-0.2, -0.15) is 0 Å². The van der Waals surface area contributed by atoms with Gasteiger partial charge >= 0.3 is 5.97 Å². The van der Waals surface area contributed by atoms with Crippen molar-refractivity contribution in [3.63, 3.8) is 0 Å². The number of amides is 1.